The van der Waals surface area contributed by atoms with Crippen LogP contribution in [0.25, 0.3) is 10.8 Å². The maximum Gasteiger partial charge on any atom is 0.232 e. The Bertz CT molecular complexity index is 1240. The summed E-state index contributed by atoms with van der Waals surface area (Å²) in [5, 5.41) is 2.10. The van der Waals surface area contributed by atoms with E-state index in [1.165, 1.54) is 10.6 Å². The summed E-state index contributed by atoms with van der Waals surface area (Å²) in [5.41, 5.74) is 2.41. The number of ether oxygens (including phenoxy) is 1. The SMILES string of the molecule is COc1ccc2cc([C@H](C)C(=O)N3CCN(S(C)(=O)=O)c4ccccc4C3)ccc2c1. The first-order chi connectivity index (χ1) is 14.8. The minimum absolute atomic E-state index is 0.0157. The number of sulfonamides is 1. The number of rotatable bonds is 4. The highest BCUT2D eigenvalue weighted by Gasteiger charge is 2.29. The van der Waals surface area contributed by atoms with Crippen LogP contribution < -0.4 is 9.04 Å². The van der Waals surface area contributed by atoms with E-state index in [1.807, 2.05) is 61.5 Å². The number of carbonyl (C=O) groups is 1. The molecule has 0 bridgehead atoms. The fourth-order valence-electron chi connectivity index (χ4n) is 4.09. The van der Waals surface area contributed by atoms with Gasteiger partial charge in [0.2, 0.25) is 15.9 Å². The minimum Gasteiger partial charge on any atom is -0.497 e. The van der Waals surface area contributed by atoms with Crippen LogP contribution in [0.15, 0.2) is 60.7 Å². The largest absolute Gasteiger partial charge is 0.497 e. The highest BCUT2D eigenvalue weighted by atomic mass is 32.2. The maximum absolute atomic E-state index is 13.4. The van der Waals surface area contributed by atoms with Gasteiger partial charge in [-0.2, -0.15) is 0 Å². The number of para-hydroxylation sites is 1. The van der Waals surface area contributed by atoms with Crippen molar-refractivity contribution >= 4 is 32.4 Å². The monoisotopic (exact) mass is 438 g/mol. The van der Waals surface area contributed by atoms with Crippen molar-refractivity contribution in [2.24, 2.45) is 0 Å². The van der Waals surface area contributed by atoms with Gasteiger partial charge in [-0.05, 0) is 47.0 Å². The van der Waals surface area contributed by atoms with E-state index in [0.29, 0.717) is 18.8 Å². The Hall–Kier alpha value is -3.06. The second kappa shape index (κ2) is 8.23. The predicted molar refractivity (Wildman–Crippen MR) is 123 cm³/mol. The number of hydrogen-bond acceptors (Lipinski definition) is 4. The van der Waals surface area contributed by atoms with Crippen molar-refractivity contribution in [3.8, 4) is 5.75 Å². The van der Waals surface area contributed by atoms with Crippen LogP contribution in [-0.2, 0) is 21.4 Å². The fourth-order valence-corrected chi connectivity index (χ4v) is 5.04. The normalized spacial score (nSPS) is 15.3. The zero-order valence-electron chi connectivity index (χ0n) is 17.9. The lowest BCUT2D eigenvalue weighted by Crippen LogP contribution is -2.39. The minimum atomic E-state index is -3.43. The van der Waals surface area contributed by atoms with Crippen LogP contribution in [0.4, 0.5) is 5.69 Å². The van der Waals surface area contributed by atoms with Gasteiger partial charge in [-0.15, -0.1) is 0 Å². The lowest BCUT2D eigenvalue weighted by atomic mass is 9.96. The molecule has 4 rings (SSSR count). The third-order valence-corrected chi connectivity index (χ3v) is 7.03. The Morgan fingerprint density at radius 1 is 1.00 bits per heavy atom. The van der Waals surface area contributed by atoms with Crippen LogP contribution in [0, 0.1) is 0 Å². The van der Waals surface area contributed by atoms with Gasteiger partial charge in [-0.3, -0.25) is 9.10 Å². The molecular weight excluding hydrogens is 412 g/mol. The summed E-state index contributed by atoms with van der Waals surface area (Å²) in [6, 6.07) is 19.2. The van der Waals surface area contributed by atoms with E-state index in [1.54, 1.807) is 18.1 Å². The molecule has 0 aliphatic carbocycles. The number of nitrogens with zero attached hydrogens (tertiary/aromatic N) is 2. The van der Waals surface area contributed by atoms with E-state index in [9.17, 15) is 13.2 Å². The molecule has 1 amide bonds. The molecule has 1 atom stereocenters. The molecule has 3 aromatic rings. The van der Waals surface area contributed by atoms with Crippen LogP contribution in [0.2, 0.25) is 0 Å². The van der Waals surface area contributed by atoms with Crippen LogP contribution in [0.1, 0.15) is 24.0 Å². The highest BCUT2D eigenvalue weighted by molar-refractivity contribution is 7.92. The van der Waals surface area contributed by atoms with Crippen molar-refractivity contribution in [2.45, 2.75) is 19.4 Å². The molecule has 1 aliphatic heterocycles. The molecule has 0 spiro atoms. The van der Waals surface area contributed by atoms with E-state index in [4.69, 9.17) is 4.74 Å². The Morgan fingerprint density at radius 2 is 1.71 bits per heavy atom. The first-order valence-electron chi connectivity index (χ1n) is 10.2. The molecule has 0 radical (unpaired) electrons. The molecule has 162 valence electrons. The second-order valence-electron chi connectivity index (χ2n) is 7.92. The average Bonchev–Trinajstić information content (AvgIpc) is 2.97. The van der Waals surface area contributed by atoms with Gasteiger partial charge < -0.3 is 9.64 Å². The molecular formula is C24H26N2O4S. The van der Waals surface area contributed by atoms with Crippen LogP contribution in [0.5, 0.6) is 5.75 Å². The van der Waals surface area contributed by atoms with Crippen molar-refractivity contribution < 1.29 is 17.9 Å². The summed E-state index contributed by atoms with van der Waals surface area (Å²) >= 11 is 0. The Balaban J connectivity index is 1.61. The van der Waals surface area contributed by atoms with Gasteiger partial charge in [0.05, 0.1) is 31.5 Å². The number of carbonyl (C=O) groups excluding carboxylic acids is 1. The Kier molecular flexibility index (Phi) is 5.62. The highest BCUT2D eigenvalue weighted by Crippen LogP contribution is 2.30. The number of amides is 1. The molecule has 1 heterocycles. The lowest BCUT2D eigenvalue weighted by Gasteiger charge is -2.25. The molecule has 31 heavy (non-hydrogen) atoms. The summed E-state index contributed by atoms with van der Waals surface area (Å²) in [6.07, 6.45) is 1.20. The number of fused-ring (bicyclic) bond motifs is 2. The molecule has 0 fully saturated rings. The van der Waals surface area contributed by atoms with Gasteiger partial charge in [0.1, 0.15) is 5.75 Å². The van der Waals surface area contributed by atoms with E-state index < -0.39 is 10.0 Å². The lowest BCUT2D eigenvalue weighted by molar-refractivity contribution is -0.132. The fraction of sp³-hybridized carbons (Fsp3) is 0.292. The third-order valence-electron chi connectivity index (χ3n) is 5.85. The molecule has 0 N–H and O–H groups in total. The Morgan fingerprint density at radius 3 is 2.45 bits per heavy atom. The predicted octanol–water partition coefficient (Wildman–Crippen LogP) is 3.76. The number of methoxy groups -OCH3 is 1. The van der Waals surface area contributed by atoms with Gasteiger partial charge in [-0.25, -0.2) is 8.42 Å². The number of hydrogen-bond donors (Lipinski definition) is 0. The zero-order chi connectivity index (χ0) is 22.2. The smallest absolute Gasteiger partial charge is 0.232 e. The first-order valence-corrected chi connectivity index (χ1v) is 12.0. The van der Waals surface area contributed by atoms with Crippen molar-refractivity contribution in [1.82, 2.24) is 4.90 Å². The summed E-state index contributed by atoms with van der Waals surface area (Å²) in [6.45, 7) is 2.87. The number of anilines is 1. The second-order valence-corrected chi connectivity index (χ2v) is 9.82. The van der Waals surface area contributed by atoms with Crippen molar-refractivity contribution in [2.75, 3.05) is 30.8 Å². The van der Waals surface area contributed by atoms with E-state index in [-0.39, 0.29) is 18.4 Å². The molecule has 6 nitrogen and oxygen atoms in total. The first kappa shape index (κ1) is 21.2. The van der Waals surface area contributed by atoms with Crippen LogP contribution >= 0.6 is 0 Å². The van der Waals surface area contributed by atoms with Crippen LogP contribution in [0.3, 0.4) is 0 Å². The van der Waals surface area contributed by atoms with Crippen molar-refractivity contribution in [1.29, 1.82) is 0 Å². The summed E-state index contributed by atoms with van der Waals surface area (Å²) < 4.78 is 31.3. The van der Waals surface area contributed by atoms with Gasteiger partial charge in [-0.1, -0.05) is 42.5 Å². The summed E-state index contributed by atoms with van der Waals surface area (Å²) in [7, 11) is -1.79. The molecule has 0 aromatic heterocycles. The van der Waals surface area contributed by atoms with Crippen molar-refractivity contribution in [3.05, 3.63) is 71.8 Å². The molecule has 1 aliphatic rings. The zero-order valence-corrected chi connectivity index (χ0v) is 18.7. The molecule has 3 aromatic carbocycles. The topological polar surface area (TPSA) is 66.9 Å². The Labute approximate surface area is 183 Å². The quantitative estimate of drug-likeness (QED) is 0.622. The van der Waals surface area contributed by atoms with Gasteiger partial charge in [0.25, 0.3) is 0 Å². The average molecular weight is 439 g/mol. The van der Waals surface area contributed by atoms with E-state index in [2.05, 4.69) is 0 Å². The van der Waals surface area contributed by atoms with E-state index in [0.717, 1.165) is 27.6 Å². The van der Waals surface area contributed by atoms with Gasteiger partial charge in [0.15, 0.2) is 0 Å². The summed E-state index contributed by atoms with van der Waals surface area (Å²) in [5.74, 6) is 0.435. The third kappa shape index (κ3) is 4.23. The molecule has 7 heteroatoms. The summed E-state index contributed by atoms with van der Waals surface area (Å²) in [4.78, 5) is 15.1. The van der Waals surface area contributed by atoms with Gasteiger partial charge >= 0.3 is 0 Å². The molecule has 0 saturated heterocycles. The number of benzene rings is 3. The molecule has 0 saturated carbocycles. The maximum atomic E-state index is 13.4. The van der Waals surface area contributed by atoms with Gasteiger partial charge in [0, 0.05) is 13.1 Å². The van der Waals surface area contributed by atoms with Crippen molar-refractivity contribution in [3.63, 3.8) is 0 Å². The standard InChI is InChI=1S/C24H26N2O4S/c1-17(18-8-9-20-15-22(30-2)11-10-19(20)14-18)24(27)25-12-13-26(31(3,28)29)23-7-5-4-6-21(23)16-25/h4-11,14-15,17H,12-13,16H2,1-3H3/t17-/m0/s1. The van der Waals surface area contributed by atoms with Crippen LogP contribution in [-0.4, -0.2) is 45.7 Å². The molecule has 0 unspecified atom stereocenters. The van der Waals surface area contributed by atoms with E-state index >= 15 is 0 Å².